The Kier molecular flexibility index (Phi) is 4.53. The van der Waals surface area contributed by atoms with E-state index in [1.807, 2.05) is 0 Å². The van der Waals surface area contributed by atoms with Crippen LogP contribution in [0.1, 0.15) is 11.3 Å². The van der Waals surface area contributed by atoms with Crippen molar-refractivity contribution in [3.63, 3.8) is 0 Å². The minimum absolute atomic E-state index is 0.0180. The van der Waals surface area contributed by atoms with Crippen molar-refractivity contribution in [1.29, 1.82) is 0 Å². The SMILES string of the molecule is Cc1cc(N=C(N)c2nonc2SCC(N)=O)ccc1F. The predicted octanol–water partition coefficient (Wildman–Crippen LogP) is 1.13. The Labute approximate surface area is 123 Å². The number of thioether (sulfide) groups is 1. The molecule has 0 aliphatic heterocycles. The molecule has 0 saturated carbocycles. The molecule has 0 saturated heterocycles. The van der Waals surface area contributed by atoms with Gasteiger partial charge in [-0.1, -0.05) is 11.8 Å². The summed E-state index contributed by atoms with van der Waals surface area (Å²) in [5.74, 6) is -0.759. The number of aromatic nitrogens is 2. The van der Waals surface area contributed by atoms with Gasteiger partial charge in [-0.2, -0.15) is 0 Å². The molecule has 9 heteroatoms. The Morgan fingerprint density at radius 3 is 2.86 bits per heavy atom. The third kappa shape index (κ3) is 3.78. The van der Waals surface area contributed by atoms with Gasteiger partial charge in [0.1, 0.15) is 5.82 Å². The van der Waals surface area contributed by atoms with E-state index < -0.39 is 5.91 Å². The number of carbonyl (C=O) groups is 1. The van der Waals surface area contributed by atoms with Gasteiger partial charge in [-0.3, -0.25) is 4.79 Å². The molecule has 0 radical (unpaired) electrons. The lowest BCUT2D eigenvalue weighted by Gasteiger charge is -2.01. The molecule has 21 heavy (non-hydrogen) atoms. The van der Waals surface area contributed by atoms with Crippen molar-refractivity contribution in [2.24, 2.45) is 16.5 Å². The first-order chi connectivity index (χ1) is 9.97. The van der Waals surface area contributed by atoms with Crippen molar-refractivity contribution < 1.29 is 13.8 Å². The van der Waals surface area contributed by atoms with Crippen molar-refractivity contribution in [3.05, 3.63) is 35.3 Å². The lowest BCUT2D eigenvalue weighted by atomic mass is 10.2. The summed E-state index contributed by atoms with van der Waals surface area (Å²) < 4.78 is 17.8. The Bertz CT molecular complexity index is 701. The van der Waals surface area contributed by atoms with Gasteiger partial charge in [0.05, 0.1) is 11.4 Å². The summed E-state index contributed by atoms with van der Waals surface area (Å²) in [7, 11) is 0. The van der Waals surface area contributed by atoms with Crippen LogP contribution in [-0.2, 0) is 4.79 Å². The predicted molar refractivity (Wildman–Crippen MR) is 75.7 cm³/mol. The molecule has 1 aromatic carbocycles. The maximum absolute atomic E-state index is 13.2. The van der Waals surface area contributed by atoms with Gasteiger partial charge in [-0.25, -0.2) is 14.0 Å². The van der Waals surface area contributed by atoms with Crippen LogP contribution in [0.2, 0.25) is 0 Å². The van der Waals surface area contributed by atoms with Crippen LogP contribution in [0, 0.1) is 12.7 Å². The Balaban J connectivity index is 2.24. The van der Waals surface area contributed by atoms with Crippen LogP contribution in [0.3, 0.4) is 0 Å². The number of amides is 1. The summed E-state index contributed by atoms with van der Waals surface area (Å²) in [6.07, 6.45) is 0. The highest BCUT2D eigenvalue weighted by atomic mass is 32.2. The molecular formula is C12H12FN5O2S. The first-order valence-corrected chi connectivity index (χ1v) is 6.80. The van der Waals surface area contributed by atoms with Gasteiger partial charge in [-0.15, -0.1) is 0 Å². The van der Waals surface area contributed by atoms with Gasteiger partial charge in [0.25, 0.3) is 0 Å². The number of nitrogens with zero attached hydrogens (tertiary/aromatic N) is 3. The number of halogens is 1. The number of rotatable bonds is 5. The molecule has 0 unspecified atom stereocenters. The van der Waals surface area contributed by atoms with Gasteiger partial charge in [-0.05, 0) is 41.0 Å². The minimum Gasteiger partial charge on any atom is -0.382 e. The van der Waals surface area contributed by atoms with E-state index in [-0.39, 0.29) is 23.1 Å². The lowest BCUT2D eigenvalue weighted by molar-refractivity contribution is -0.115. The van der Waals surface area contributed by atoms with Crippen LogP contribution in [-0.4, -0.2) is 27.8 Å². The fourth-order valence-electron chi connectivity index (χ4n) is 1.46. The second-order valence-corrected chi connectivity index (χ2v) is 5.07. The molecule has 110 valence electrons. The van der Waals surface area contributed by atoms with Crippen molar-refractivity contribution in [3.8, 4) is 0 Å². The van der Waals surface area contributed by atoms with E-state index >= 15 is 0 Å². The average Bonchev–Trinajstić information content (AvgIpc) is 2.89. The molecule has 0 bridgehead atoms. The third-order valence-electron chi connectivity index (χ3n) is 2.44. The number of benzene rings is 1. The largest absolute Gasteiger partial charge is 0.382 e. The summed E-state index contributed by atoms with van der Waals surface area (Å²) in [5, 5.41) is 7.59. The summed E-state index contributed by atoms with van der Waals surface area (Å²) in [5.41, 5.74) is 12.0. The molecule has 2 aromatic rings. The number of hydrogen-bond donors (Lipinski definition) is 2. The number of hydrogen-bond acceptors (Lipinski definition) is 6. The zero-order valence-electron chi connectivity index (χ0n) is 11.0. The first kappa shape index (κ1) is 15.0. The van der Waals surface area contributed by atoms with E-state index in [1.54, 1.807) is 13.0 Å². The van der Waals surface area contributed by atoms with Crippen molar-refractivity contribution in [1.82, 2.24) is 10.3 Å². The minimum atomic E-state index is -0.501. The van der Waals surface area contributed by atoms with Gasteiger partial charge >= 0.3 is 0 Å². The third-order valence-corrected chi connectivity index (χ3v) is 3.41. The van der Waals surface area contributed by atoms with Gasteiger partial charge in [0, 0.05) is 0 Å². The molecule has 0 aliphatic carbocycles. The number of aliphatic imine (C=N–C) groups is 1. The van der Waals surface area contributed by atoms with Gasteiger partial charge in [0.15, 0.2) is 16.6 Å². The van der Waals surface area contributed by atoms with E-state index in [2.05, 4.69) is 19.9 Å². The summed E-state index contributed by atoms with van der Waals surface area (Å²) >= 11 is 1.04. The molecule has 1 aromatic heterocycles. The number of aryl methyl sites for hydroxylation is 1. The normalized spacial score (nSPS) is 11.6. The van der Waals surface area contributed by atoms with Crippen molar-refractivity contribution in [2.45, 2.75) is 11.9 Å². The van der Waals surface area contributed by atoms with E-state index in [1.165, 1.54) is 12.1 Å². The molecule has 4 N–H and O–H groups in total. The number of nitrogens with two attached hydrogens (primary N) is 2. The smallest absolute Gasteiger partial charge is 0.227 e. The zero-order chi connectivity index (χ0) is 15.4. The average molecular weight is 309 g/mol. The number of carbonyl (C=O) groups excluding carboxylic acids is 1. The van der Waals surface area contributed by atoms with E-state index in [0.717, 1.165) is 11.8 Å². The molecule has 1 amide bonds. The second kappa shape index (κ2) is 6.35. The monoisotopic (exact) mass is 309 g/mol. The first-order valence-electron chi connectivity index (χ1n) is 5.81. The van der Waals surface area contributed by atoms with Crippen LogP contribution in [0.15, 0.2) is 32.8 Å². The fraction of sp³-hybridized carbons (Fsp3) is 0.167. The highest BCUT2D eigenvalue weighted by Gasteiger charge is 2.15. The van der Waals surface area contributed by atoms with Gasteiger partial charge in [0.2, 0.25) is 5.91 Å². The standard InChI is InChI=1S/C12H12FN5O2S/c1-6-4-7(2-3-8(6)13)16-11(15)10-12(18-20-17-10)21-5-9(14)19/h2-4H,5H2,1H3,(H2,14,19)(H2,15,16). The zero-order valence-corrected chi connectivity index (χ0v) is 11.9. The van der Waals surface area contributed by atoms with Crippen LogP contribution in [0.4, 0.5) is 10.1 Å². The summed E-state index contributed by atoms with van der Waals surface area (Å²) in [6.45, 7) is 1.62. The quantitative estimate of drug-likeness (QED) is 0.485. The topological polar surface area (TPSA) is 120 Å². The number of primary amides is 1. The van der Waals surface area contributed by atoms with Crippen LogP contribution in [0.25, 0.3) is 0 Å². The summed E-state index contributed by atoms with van der Waals surface area (Å²) in [4.78, 5) is 14.9. The van der Waals surface area contributed by atoms with E-state index in [4.69, 9.17) is 11.5 Å². The molecule has 2 rings (SSSR count). The van der Waals surface area contributed by atoms with Gasteiger partial charge < -0.3 is 11.5 Å². The molecule has 1 heterocycles. The Morgan fingerprint density at radius 1 is 1.43 bits per heavy atom. The highest BCUT2D eigenvalue weighted by molar-refractivity contribution is 8.00. The van der Waals surface area contributed by atoms with Crippen molar-refractivity contribution >= 4 is 29.2 Å². The molecule has 7 nitrogen and oxygen atoms in total. The molecule has 0 aliphatic rings. The molecular weight excluding hydrogens is 297 g/mol. The highest BCUT2D eigenvalue weighted by Crippen LogP contribution is 2.21. The maximum atomic E-state index is 13.2. The van der Waals surface area contributed by atoms with Crippen LogP contribution < -0.4 is 11.5 Å². The molecule has 0 spiro atoms. The lowest BCUT2D eigenvalue weighted by Crippen LogP contribution is -2.16. The Hall–Kier alpha value is -2.42. The summed E-state index contributed by atoms with van der Waals surface area (Å²) in [6, 6.07) is 4.33. The van der Waals surface area contributed by atoms with E-state index in [9.17, 15) is 9.18 Å². The molecule has 0 fully saturated rings. The number of amidine groups is 1. The molecule has 0 atom stereocenters. The Morgan fingerprint density at radius 2 is 2.19 bits per heavy atom. The van der Waals surface area contributed by atoms with Crippen LogP contribution >= 0.6 is 11.8 Å². The van der Waals surface area contributed by atoms with Crippen molar-refractivity contribution in [2.75, 3.05) is 5.75 Å². The maximum Gasteiger partial charge on any atom is 0.227 e. The van der Waals surface area contributed by atoms with Crippen LogP contribution in [0.5, 0.6) is 0 Å². The fourth-order valence-corrected chi connectivity index (χ4v) is 2.11. The van der Waals surface area contributed by atoms with E-state index in [0.29, 0.717) is 16.3 Å². The second-order valence-electron chi connectivity index (χ2n) is 4.10.